The van der Waals surface area contributed by atoms with Crippen LogP contribution in [0.5, 0.6) is 6.01 Å². The van der Waals surface area contributed by atoms with Crippen LogP contribution in [0.1, 0.15) is 11.3 Å². The molecule has 2 heterocycles. The van der Waals surface area contributed by atoms with Crippen LogP contribution < -0.4 is 24.6 Å². The Morgan fingerprint density at radius 2 is 1.56 bits per heavy atom. The Labute approximate surface area is 213 Å². The van der Waals surface area contributed by atoms with Crippen molar-refractivity contribution >= 4 is 49.5 Å². The van der Waals surface area contributed by atoms with Gasteiger partial charge in [0.25, 0.3) is 10.0 Å². The van der Waals surface area contributed by atoms with Crippen LogP contribution in [-0.4, -0.2) is 75.9 Å². The van der Waals surface area contributed by atoms with Crippen molar-refractivity contribution in [3.05, 3.63) is 35.5 Å². The number of sulfonamides is 1. The second kappa shape index (κ2) is 11.3. The van der Waals surface area contributed by atoms with E-state index in [1.54, 1.807) is 57.0 Å². The quantitative estimate of drug-likeness (QED) is 0.368. The van der Waals surface area contributed by atoms with Crippen LogP contribution in [0.25, 0.3) is 0 Å². The lowest BCUT2D eigenvalue weighted by Crippen LogP contribution is -2.21. The highest BCUT2D eigenvalue weighted by Gasteiger charge is 2.19. The van der Waals surface area contributed by atoms with Gasteiger partial charge in [0, 0.05) is 28.2 Å². The predicted molar refractivity (Wildman–Crippen MR) is 138 cm³/mol. The molecule has 36 heavy (non-hydrogen) atoms. The number of carbonyl (C=O) groups excluding carboxylic acids is 1. The molecule has 0 atom stereocenters. The summed E-state index contributed by atoms with van der Waals surface area (Å²) in [6.45, 7) is 3.45. The first-order valence-corrected chi connectivity index (χ1v) is 13.0. The van der Waals surface area contributed by atoms with Crippen LogP contribution >= 0.6 is 11.3 Å². The molecule has 1 aromatic carbocycles. The van der Waals surface area contributed by atoms with Gasteiger partial charge in [0.1, 0.15) is 18.2 Å². The third-order valence-electron chi connectivity index (χ3n) is 4.50. The zero-order valence-corrected chi connectivity index (χ0v) is 22.4. The average Bonchev–Trinajstić information content (AvgIpc) is 3.14. The Bertz CT molecular complexity index is 1280. The van der Waals surface area contributed by atoms with Gasteiger partial charge >= 0.3 is 12.1 Å². The molecule has 194 valence electrons. The summed E-state index contributed by atoms with van der Waals surface area (Å²) in [5, 5.41) is 3.03. The standard InChI is InChI=1S/C21H28N8O5S2/c1-13-7-9-15(10-8-13)36(31,32)27-20-22-14(2)16(35-20)23-21(30)34-12-11-33-19-25-17(28(3)4)24-18(26-19)29(5)6/h7-10H,11-12H2,1-6H3,(H,22,27)(H,23,30). The molecule has 2 N–H and O–H groups in total. The number of hydrogen-bond acceptors (Lipinski definition) is 12. The lowest BCUT2D eigenvalue weighted by molar-refractivity contribution is 0.134. The minimum absolute atomic E-state index is 0.0143. The summed E-state index contributed by atoms with van der Waals surface area (Å²) < 4.78 is 38.2. The van der Waals surface area contributed by atoms with Gasteiger partial charge in [-0.1, -0.05) is 29.0 Å². The molecular formula is C21H28N8O5S2. The molecule has 0 aliphatic heterocycles. The van der Waals surface area contributed by atoms with E-state index in [1.807, 2.05) is 6.92 Å². The highest BCUT2D eigenvalue weighted by atomic mass is 32.2. The lowest BCUT2D eigenvalue weighted by atomic mass is 10.2. The van der Waals surface area contributed by atoms with Crippen molar-refractivity contribution in [1.29, 1.82) is 0 Å². The molecule has 2 aromatic heterocycles. The number of rotatable bonds is 10. The fraction of sp³-hybridized carbons (Fsp3) is 0.381. The minimum atomic E-state index is -3.81. The van der Waals surface area contributed by atoms with Gasteiger partial charge in [0.15, 0.2) is 5.13 Å². The maximum Gasteiger partial charge on any atom is 0.412 e. The summed E-state index contributed by atoms with van der Waals surface area (Å²) in [6.07, 6.45) is -0.739. The molecule has 3 rings (SSSR count). The SMILES string of the molecule is Cc1ccc(S(=O)(=O)Nc2nc(C)c(NC(=O)OCCOc3nc(N(C)C)nc(N(C)C)n3)s2)cc1. The number of benzene rings is 1. The first-order valence-electron chi connectivity index (χ1n) is 10.7. The normalized spacial score (nSPS) is 11.1. The molecule has 0 unspecified atom stereocenters. The average molecular weight is 537 g/mol. The predicted octanol–water partition coefficient (Wildman–Crippen LogP) is 2.51. The zero-order valence-electron chi connectivity index (χ0n) is 20.8. The van der Waals surface area contributed by atoms with E-state index in [0.717, 1.165) is 16.9 Å². The van der Waals surface area contributed by atoms with Gasteiger partial charge in [-0.05, 0) is 26.0 Å². The molecular weight excluding hydrogens is 508 g/mol. The van der Waals surface area contributed by atoms with Crippen LogP contribution in [0.3, 0.4) is 0 Å². The molecule has 0 saturated heterocycles. The third kappa shape index (κ3) is 7.14. The molecule has 0 aliphatic carbocycles. The Morgan fingerprint density at radius 1 is 0.944 bits per heavy atom. The van der Waals surface area contributed by atoms with Crippen molar-refractivity contribution < 1.29 is 22.7 Å². The van der Waals surface area contributed by atoms with Crippen LogP contribution in [0.4, 0.5) is 26.8 Å². The number of aryl methyl sites for hydroxylation is 2. The number of hydrogen-bond donors (Lipinski definition) is 2. The molecule has 0 radical (unpaired) electrons. The lowest BCUT2D eigenvalue weighted by Gasteiger charge is -2.16. The fourth-order valence-electron chi connectivity index (χ4n) is 2.64. The Hall–Kier alpha value is -3.72. The summed E-state index contributed by atoms with van der Waals surface area (Å²) in [5.74, 6) is 0.855. The van der Waals surface area contributed by atoms with Crippen LogP contribution in [0.15, 0.2) is 29.2 Å². The van der Waals surface area contributed by atoms with Gasteiger partial charge < -0.3 is 19.3 Å². The van der Waals surface area contributed by atoms with Crippen molar-refractivity contribution in [2.75, 3.05) is 61.2 Å². The summed E-state index contributed by atoms with van der Waals surface area (Å²) in [6, 6.07) is 6.53. The van der Waals surface area contributed by atoms with Crippen molar-refractivity contribution in [1.82, 2.24) is 19.9 Å². The van der Waals surface area contributed by atoms with Crippen LogP contribution in [-0.2, 0) is 14.8 Å². The smallest absolute Gasteiger partial charge is 0.412 e. The number of thiazole rings is 1. The van der Waals surface area contributed by atoms with E-state index in [4.69, 9.17) is 9.47 Å². The molecule has 3 aromatic rings. The molecule has 0 saturated carbocycles. The molecule has 15 heteroatoms. The van der Waals surface area contributed by atoms with Gasteiger partial charge in [-0.3, -0.25) is 10.0 Å². The largest absolute Gasteiger partial charge is 0.460 e. The van der Waals surface area contributed by atoms with Gasteiger partial charge in [-0.2, -0.15) is 15.0 Å². The summed E-state index contributed by atoms with van der Waals surface area (Å²) in [4.78, 5) is 32.6. The van der Waals surface area contributed by atoms with E-state index in [-0.39, 0.29) is 29.3 Å². The number of carbonyl (C=O) groups is 1. The van der Waals surface area contributed by atoms with E-state index in [1.165, 1.54) is 12.1 Å². The van der Waals surface area contributed by atoms with Gasteiger partial charge in [0.2, 0.25) is 11.9 Å². The Kier molecular flexibility index (Phi) is 8.47. The van der Waals surface area contributed by atoms with Crippen molar-refractivity contribution in [2.45, 2.75) is 18.7 Å². The highest BCUT2D eigenvalue weighted by molar-refractivity contribution is 7.93. The highest BCUT2D eigenvalue weighted by Crippen LogP contribution is 2.29. The second-order valence-electron chi connectivity index (χ2n) is 7.97. The van der Waals surface area contributed by atoms with E-state index >= 15 is 0 Å². The number of nitrogens with zero attached hydrogens (tertiary/aromatic N) is 6. The summed E-state index contributed by atoms with van der Waals surface area (Å²) in [7, 11) is 3.38. The zero-order chi connectivity index (χ0) is 26.5. The Morgan fingerprint density at radius 3 is 2.14 bits per heavy atom. The molecule has 0 spiro atoms. The van der Waals surface area contributed by atoms with E-state index in [0.29, 0.717) is 22.6 Å². The maximum absolute atomic E-state index is 12.6. The first-order chi connectivity index (χ1) is 16.9. The van der Waals surface area contributed by atoms with E-state index in [9.17, 15) is 13.2 Å². The number of nitrogens with one attached hydrogen (secondary N) is 2. The van der Waals surface area contributed by atoms with Gasteiger partial charge in [-0.15, -0.1) is 0 Å². The van der Waals surface area contributed by atoms with E-state index in [2.05, 4.69) is 30.0 Å². The topological polar surface area (TPSA) is 152 Å². The molecule has 0 fully saturated rings. The Balaban J connectivity index is 1.53. The van der Waals surface area contributed by atoms with Gasteiger partial charge in [-0.25, -0.2) is 18.2 Å². The van der Waals surface area contributed by atoms with Crippen LogP contribution in [0.2, 0.25) is 0 Å². The maximum atomic E-state index is 12.6. The second-order valence-corrected chi connectivity index (χ2v) is 10.6. The monoisotopic (exact) mass is 536 g/mol. The number of anilines is 4. The summed E-state index contributed by atoms with van der Waals surface area (Å²) in [5.41, 5.74) is 1.38. The summed E-state index contributed by atoms with van der Waals surface area (Å²) >= 11 is 0.976. The van der Waals surface area contributed by atoms with E-state index < -0.39 is 16.1 Å². The molecule has 13 nitrogen and oxygen atoms in total. The van der Waals surface area contributed by atoms with Crippen molar-refractivity contribution in [3.63, 3.8) is 0 Å². The number of ether oxygens (including phenoxy) is 2. The molecule has 1 amide bonds. The van der Waals surface area contributed by atoms with Crippen molar-refractivity contribution in [2.24, 2.45) is 0 Å². The molecule has 0 aliphatic rings. The number of aromatic nitrogens is 4. The minimum Gasteiger partial charge on any atom is -0.460 e. The first kappa shape index (κ1) is 26.9. The van der Waals surface area contributed by atoms with Crippen molar-refractivity contribution in [3.8, 4) is 6.01 Å². The number of amides is 1. The fourth-order valence-corrected chi connectivity index (χ4v) is 4.73. The van der Waals surface area contributed by atoms with Crippen LogP contribution in [0, 0.1) is 13.8 Å². The van der Waals surface area contributed by atoms with Gasteiger partial charge in [0.05, 0.1) is 10.6 Å². The third-order valence-corrected chi connectivity index (χ3v) is 6.98. The molecule has 0 bridgehead atoms.